The highest BCUT2D eigenvalue weighted by molar-refractivity contribution is 6.29. The van der Waals surface area contributed by atoms with E-state index in [2.05, 4.69) is 22.5 Å². The van der Waals surface area contributed by atoms with E-state index in [4.69, 9.17) is 11.6 Å². The summed E-state index contributed by atoms with van der Waals surface area (Å²) in [6.07, 6.45) is 3.31. The lowest BCUT2D eigenvalue weighted by molar-refractivity contribution is 0.0937. The van der Waals surface area contributed by atoms with E-state index in [1.54, 1.807) is 12.1 Å². The third kappa shape index (κ3) is 3.83. The van der Waals surface area contributed by atoms with Gasteiger partial charge in [0.05, 0.1) is 0 Å². The van der Waals surface area contributed by atoms with Crippen molar-refractivity contribution in [2.24, 2.45) is 5.92 Å². The van der Waals surface area contributed by atoms with Crippen LogP contribution in [0.5, 0.6) is 0 Å². The lowest BCUT2D eigenvalue weighted by Gasteiger charge is -2.13. The van der Waals surface area contributed by atoms with Gasteiger partial charge in [-0.25, -0.2) is 4.98 Å². The monoisotopic (exact) mass is 281 g/mol. The highest BCUT2D eigenvalue weighted by Crippen LogP contribution is 2.25. The summed E-state index contributed by atoms with van der Waals surface area (Å²) < 4.78 is 0. The van der Waals surface area contributed by atoms with Crippen molar-refractivity contribution in [3.63, 3.8) is 0 Å². The molecule has 0 saturated heterocycles. The molecule has 0 radical (unpaired) electrons. The average molecular weight is 282 g/mol. The second-order valence-electron chi connectivity index (χ2n) is 5.18. The minimum atomic E-state index is -0.0671. The number of carbonyl (C=O) groups excluding carboxylic acids is 1. The number of rotatable bonds is 4. The van der Waals surface area contributed by atoms with E-state index in [1.807, 2.05) is 6.92 Å². The van der Waals surface area contributed by atoms with E-state index < -0.39 is 0 Å². The van der Waals surface area contributed by atoms with Crippen molar-refractivity contribution in [2.75, 3.05) is 11.9 Å². The lowest BCUT2D eigenvalue weighted by Crippen LogP contribution is -2.33. The van der Waals surface area contributed by atoms with Crippen LogP contribution in [0.25, 0.3) is 0 Å². The third-order valence-electron chi connectivity index (χ3n) is 3.44. The smallest absolute Gasteiger partial charge is 0.251 e. The van der Waals surface area contributed by atoms with Crippen molar-refractivity contribution in [1.82, 2.24) is 10.3 Å². The molecule has 2 atom stereocenters. The minimum absolute atomic E-state index is 0.0671. The second kappa shape index (κ2) is 6.24. The van der Waals surface area contributed by atoms with E-state index in [9.17, 15) is 4.79 Å². The molecule has 2 N–H and O–H groups in total. The molecule has 2 rings (SSSR count). The maximum Gasteiger partial charge on any atom is 0.251 e. The fraction of sp³-hybridized carbons (Fsp3) is 0.571. The molecule has 1 heterocycles. The van der Waals surface area contributed by atoms with Crippen molar-refractivity contribution in [1.29, 1.82) is 0 Å². The standard InChI is InChI=1S/C14H20ClN3O/c1-3-16-13-8-10(7-12(15)18-13)14(19)17-11-5-4-9(2)6-11/h7-9,11H,3-6H2,1-2H3,(H,16,18)(H,17,19). The third-order valence-corrected chi connectivity index (χ3v) is 3.64. The number of aromatic nitrogens is 1. The molecule has 104 valence electrons. The molecule has 1 aliphatic carbocycles. The largest absolute Gasteiger partial charge is 0.370 e. The fourth-order valence-electron chi connectivity index (χ4n) is 2.51. The molecule has 0 aromatic carbocycles. The molecule has 5 heteroatoms. The van der Waals surface area contributed by atoms with Crippen molar-refractivity contribution in [2.45, 2.75) is 39.2 Å². The van der Waals surface area contributed by atoms with Gasteiger partial charge >= 0.3 is 0 Å². The molecule has 1 amide bonds. The van der Waals surface area contributed by atoms with Gasteiger partial charge in [-0.05, 0) is 44.2 Å². The zero-order valence-corrected chi connectivity index (χ0v) is 12.1. The Hall–Kier alpha value is -1.29. The molecule has 1 aliphatic rings. The number of halogens is 1. The van der Waals surface area contributed by atoms with Gasteiger partial charge in [-0.1, -0.05) is 18.5 Å². The van der Waals surface area contributed by atoms with E-state index in [0.717, 1.165) is 19.4 Å². The van der Waals surface area contributed by atoms with Gasteiger partial charge < -0.3 is 10.6 Å². The first-order valence-electron chi connectivity index (χ1n) is 6.80. The van der Waals surface area contributed by atoms with Crippen molar-refractivity contribution >= 4 is 23.3 Å². The SMILES string of the molecule is CCNc1cc(C(=O)NC2CCC(C)C2)cc(Cl)n1. The number of hydrogen-bond donors (Lipinski definition) is 2. The number of pyridine rings is 1. The Bertz CT molecular complexity index is 464. The molecule has 19 heavy (non-hydrogen) atoms. The quantitative estimate of drug-likeness (QED) is 0.834. The highest BCUT2D eigenvalue weighted by Gasteiger charge is 2.23. The fourth-order valence-corrected chi connectivity index (χ4v) is 2.72. The molecule has 4 nitrogen and oxygen atoms in total. The lowest BCUT2D eigenvalue weighted by atomic mass is 10.1. The predicted molar refractivity (Wildman–Crippen MR) is 77.7 cm³/mol. The maximum atomic E-state index is 12.2. The van der Waals surface area contributed by atoms with Gasteiger partial charge in [0.25, 0.3) is 5.91 Å². The number of nitrogens with one attached hydrogen (secondary N) is 2. The molecule has 1 fully saturated rings. The summed E-state index contributed by atoms with van der Waals surface area (Å²) in [7, 11) is 0. The molecule has 0 spiro atoms. The van der Waals surface area contributed by atoms with Crippen molar-refractivity contribution in [3.05, 3.63) is 22.8 Å². The number of carbonyl (C=O) groups is 1. The van der Waals surface area contributed by atoms with E-state index in [0.29, 0.717) is 22.5 Å². The van der Waals surface area contributed by atoms with Crippen LogP contribution in [0.1, 0.15) is 43.5 Å². The van der Waals surface area contributed by atoms with Crippen LogP contribution in [0.3, 0.4) is 0 Å². The first kappa shape index (κ1) is 14.1. The molecule has 2 unspecified atom stereocenters. The van der Waals surface area contributed by atoms with Crippen LogP contribution in [0, 0.1) is 5.92 Å². The summed E-state index contributed by atoms with van der Waals surface area (Å²) in [5.41, 5.74) is 0.565. The molecule has 1 aromatic rings. The van der Waals surface area contributed by atoms with Crippen LogP contribution in [0.2, 0.25) is 5.15 Å². The minimum Gasteiger partial charge on any atom is -0.370 e. The van der Waals surface area contributed by atoms with Crippen LogP contribution in [-0.2, 0) is 0 Å². The zero-order chi connectivity index (χ0) is 13.8. The Morgan fingerprint density at radius 3 is 2.89 bits per heavy atom. The number of hydrogen-bond acceptors (Lipinski definition) is 3. The summed E-state index contributed by atoms with van der Waals surface area (Å²) in [5, 5.41) is 6.47. The van der Waals surface area contributed by atoms with Crippen LogP contribution in [0.4, 0.5) is 5.82 Å². The van der Waals surface area contributed by atoms with Gasteiger partial charge in [0.2, 0.25) is 0 Å². The summed E-state index contributed by atoms with van der Waals surface area (Å²) in [5.74, 6) is 1.27. The van der Waals surface area contributed by atoms with Crippen LogP contribution in [0.15, 0.2) is 12.1 Å². The van der Waals surface area contributed by atoms with E-state index in [1.165, 1.54) is 6.42 Å². The Morgan fingerprint density at radius 1 is 1.47 bits per heavy atom. The average Bonchev–Trinajstić information content (AvgIpc) is 2.74. The van der Waals surface area contributed by atoms with Gasteiger partial charge in [-0.2, -0.15) is 0 Å². The molecule has 0 aliphatic heterocycles. The van der Waals surface area contributed by atoms with Crippen LogP contribution < -0.4 is 10.6 Å². The van der Waals surface area contributed by atoms with Crippen LogP contribution in [-0.4, -0.2) is 23.5 Å². The first-order valence-corrected chi connectivity index (χ1v) is 7.18. The maximum absolute atomic E-state index is 12.2. The molecule has 0 bridgehead atoms. The van der Waals surface area contributed by atoms with Gasteiger partial charge in [0.15, 0.2) is 0 Å². The normalized spacial score (nSPS) is 22.3. The molecular weight excluding hydrogens is 262 g/mol. The number of anilines is 1. The zero-order valence-electron chi connectivity index (χ0n) is 11.4. The summed E-state index contributed by atoms with van der Waals surface area (Å²) in [4.78, 5) is 16.3. The van der Waals surface area contributed by atoms with Gasteiger partial charge in [-0.15, -0.1) is 0 Å². The molecule has 1 saturated carbocycles. The van der Waals surface area contributed by atoms with Crippen LogP contribution >= 0.6 is 11.6 Å². The van der Waals surface area contributed by atoms with Gasteiger partial charge in [0, 0.05) is 18.2 Å². The number of amides is 1. The first-order chi connectivity index (χ1) is 9.08. The Labute approximate surface area is 118 Å². The van der Waals surface area contributed by atoms with Gasteiger partial charge in [0.1, 0.15) is 11.0 Å². The Kier molecular flexibility index (Phi) is 4.64. The molecule has 1 aromatic heterocycles. The molecular formula is C14H20ClN3O. The van der Waals surface area contributed by atoms with Gasteiger partial charge in [-0.3, -0.25) is 4.79 Å². The predicted octanol–water partition coefficient (Wildman–Crippen LogP) is 3.09. The highest BCUT2D eigenvalue weighted by atomic mass is 35.5. The van der Waals surface area contributed by atoms with E-state index >= 15 is 0 Å². The summed E-state index contributed by atoms with van der Waals surface area (Å²) in [6, 6.07) is 3.64. The van der Waals surface area contributed by atoms with E-state index in [-0.39, 0.29) is 11.9 Å². The summed E-state index contributed by atoms with van der Waals surface area (Å²) >= 11 is 5.94. The number of nitrogens with zero attached hydrogens (tertiary/aromatic N) is 1. The van der Waals surface area contributed by atoms with Crippen molar-refractivity contribution < 1.29 is 4.79 Å². The van der Waals surface area contributed by atoms with Crippen molar-refractivity contribution in [3.8, 4) is 0 Å². The summed E-state index contributed by atoms with van der Waals surface area (Å²) in [6.45, 7) is 4.94. The topological polar surface area (TPSA) is 54.0 Å². The second-order valence-corrected chi connectivity index (χ2v) is 5.57. The Morgan fingerprint density at radius 2 is 2.26 bits per heavy atom. The Balaban J connectivity index is 2.05.